The quantitative estimate of drug-likeness (QED) is 0.246. The Kier molecular flexibility index (Phi) is 6.53. The van der Waals surface area contributed by atoms with Gasteiger partial charge in [0.15, 0.2) is 10.8 Å². The average Bonchev–Trinajstić information content (AvgIpc) is 3.18. The fourth-order valence-corrected chi connectivity index (χ4v) is 3.36. The van der Waals surface area contributed by atoms with E-state index >= 15 is 0 Å². The van der Waals surface area contributed by atoms with Crippen LogP contribution in [0.5, 0.6) is 5.75 Å². The molecule has 0 spiro atoms. The molecule has 32 heavy (non-hydrogen) atoms. The summed E-state index contributed by atoms with van der Waals surface area (Å²) in [6.45, 7) is -0.891. The number of aliphatic carboxylic acids is 1. The normalized spacial score (nSPS) is 15.7. The number of thiazole rings is 1. The Labute approximate surface area is 184 Å². The number of phenolic OH excluding ortho intramolecular Hbond substituents is 1. The van der Waals surface area contributed by atoms with Crippen LogP contribution in [-0.2, 0) is 19.2 Å². The van der Waals surface area contributed by atoms with Crippen LogP contribution in [0, 0.1) is 0 Å². The number of phenols is 1. The van der Waals surface area contributed by atoms with Crippen molar-refractivity contribution in [2.24, 2.45) is 5.16 Å². The second kappa shape index (κ2) is 9.30. The topological polar surface area (TPSA) is 188 Å². The number of oxime groups is 1. The third-order valence-electron chi connectivity index (χ3n) is 4.31. The van der Waals surface area contributed by atoms with Gasteiger partial charge in [0.2, 0.25) is 0 Å². The van der Waals surface area contributed by atoms with E-state index in [0.29, 0.717) is 0 Å². The highest BCUT2D eigenvalue weighted by Gasteiger charge is 2.44. The Hall–Kier alpha value is -4.20. The molecular formula is C18H18N6O7S. The number of likely N-dealkylation sites (tertiary alicyclic amines) is 1. The zero-order valence-corrected chi connectivity index (χ0v) is 17.4. The Morgan fingerprint density at radius 2 is 2.06 bits per heavy atom. The molecule has 0 unspecified atom stereocenters. The Morgan fingerprint density at radius 3 is 2.59 bits per heavy atom. The van der Waals surface area contributed by atoms with E-state index in [-0.39, 0.29) is 34.5 Å². The molecule has 2 heterocycles. The third-order valence-corrected chi connectivity index (χ3v) is 4.99. The molecule has 4 amide bonds. The first kappa shape index (κ1) is 22.5. The Balaban J connectivity index is 1.69. The summed E-state index contributed by atoms with van der Waals surface area (Å²) in [5, 5.41) is 26.3. The molecule has 0 radical (unpaired) electrons. The summed E-state index contributed by atoms with van der Waals surface area (Å²) in [6.07, 6.45) is 0. The molecule has 14 heteroatoms. The molecular weight excluding hydrogens is 444 g/mol. The summed E-state index contributed by atoms with van der Waals surface area (Å²) in [7, 11) is 1.23. The standard InChI is InChI=1S/C18H18N6O7S/c1-31-22-14(12-8-32-17(19)21-12)15(28)20-11-6-24(16(11)29)18(30)23(7-13(26)27)9-2-4-10(25)5-3-9/h2-5,8,11,25H,6-7H2,1H3,(H2,19,21)(H,20,28)(H,26,27)/t11-/m0/s1. The molecule has 2 aromatic rings. The van der Waals surface area contributed by atoms with Crippen LogP contribution in [0.1, 0.15) is 5.69 Å². The second-order valence-corrected chi connectivity index (χ2v) is 7.34. The minimum Gasteiger partial charge on any atom is -0.508 e. The number of nitrogen functional groups attached to an aromatic ring is 1. The van der Waals surface area contributed by atoms with Crippen LogP contribution < -0.4 is 16.0 Å². The van der Waals surface area contributed by atoms with Crippen molar-refractivity contribution >= 4 is 51.7 Å². The lowest BCUT2D eigenvalue weighted by Crippen LogP contribution is -2.68. The molecule has 1 aromatic heterocycles. The number of anilines is 2. The van der Waals surface area contributed by atoms with E-state index in [2.05, 4.69) is 20.3 Å². The number of amides is 4. The number of nitrogens with one attached hydrogen (secondary N) is 1. The van der Waals surface area contributed by atoms with Gasteiger partial charge in [-0.15, -0.1) is 11.3 Å². The number of β-lactam (4-membered cyclic amide) rings is 1. The van der Waals surface area contributed by atoms with Gasteiger partial charge in [-0.25, -0.2) is 9.78 Å². The number of aromatic hydroxyl groups is 1. The first-order valence-corrected chi connectivity index (χ1v) is 9.86. The molecule has 0 saturated carbocycles. The summed E-state index contributed by atoms with van der Waals surface area (Å²) >= 11 is 1.09. The highest BCUT2D eigenvalue weighted by atomic mass is 32.1. The maximum Gasteiger partial charge on any atom is 0.331 e. The highest BCUT2D eigenvalue weighted by Crippen LogP contribution is 2.22. The van der Waals surface area contributed by atoms with Crippen LogP contribution in [0.3, 0.4) is 0 Å². The minimum absolute atomic E-state index is 0.0744. The number of hydrogen-bond acceptors (Lipinski definition) is 10. The number of carbonyl (C=O) groups excluding carboxylic acids is 3. The van der Waals surface area contributed by atoms with E-state index in [0.717, 1.165) is 21.1 Å². The zero-order valence-electron chi connectivity index (χ0n) is 16.6. The second-order valence-electron chi connectivity index (χ2n) is 6.45. The molecule has 13 nitrogen and oxygen atoms in total. The summed E-state index contributed by atoms with van der Waals surface area (Å²) in [4.78, 5) is 59.3. The van der Waals surface area contributed by atoms with Crippen molar-refractivity contribution < 1.29 is 34.2 Å². The van der Waals surface area contributed by atoms with E-state index in [1.165, 1.54) is 36.8 Å². The fraction of sp³-hybridized carbons (Fsp3) is 0.222. The number of imide groups is 1. The molecule has 168 valence electrons. The van der Waals surface area contributed by atoms with Crippen LogP contribution in [0.25, 0.3) is 0 Å². The van der Waals surface area contributed by atoms with Gasteiger partial charge in [-0.05, 0) is 24.3 Å². The van der Waals surface area contributed by atoms with Gasteiger partial charge >= 0.3 is 12.0 Å². The Bertz CT molecular complexity index is 1080. The minimum atomic E-state index is -1.30. The van der Waals surface area contributed by atoms with Gasteiger partial charge in [-0.1, -0.05) is 5.16 Å². The predicted octanol–water partition coefficient (Wildman–Crippen LogP) is -0.180. The Morgan fingerprint density at radius 1 is 1.38 bits per heavy atom. The maximum absolute atomic E-state index is 12.8. The number of carboxylic acids is 1. The summed E-state index contributed by atoms with van der Waals surface area (Å²) < 4.78 is 0. The summed E-state index contributed by atoms with van der Waals surface area (Å²) in [5.41, 5.74) is 5.70. The maximum atomic E-state index is 12.8. The van der Waals surface area contributed by atoms with E-state index in [1.807, 2.05) is 0 Å². The number of carboxylic acid groups (broad SMARTS) is 1. The van der Waals surface area contributed by atoms with Crippen molar-refractivity contribution in [1.82, 2.24) is 15.2 Å². The first-order chi connectivity index (χ1) is 15.2. The number of rotatable bonds is 7. The van der Waals surface area contributed by atoms with E-state index in [1.54, 1.807) is 0 Å². The first-order valence-electron chi connectivity index (χ1n) is 8.98. The van der Waals surface area contributed by atoms with Crippen molar-refractivity contribution in [1.29, 1.82) is 0 Å². The van der Waals surface area contributed by atoms with Crippen LogP contribution in [0.15, 0.2) is 34.8 Å². The van der Waals surface area contributed by atoms with E-state index < -0.39 is 36.4 Å². The fourth-order valence-electron chi connectivity index (χ4n) is 2.81. The highest BCUT2D eigenvalue weighted by molar-refractivity contribution is 7.13. The monoisotopic (exact) mass is 462 g/mol. The number of aromatic nitrogens is 1. The molecule has 1 aliphatic heterocycles. The number of nitrogens with two attached hydrogens (primary N) is 1. The van der Waals surface area contributed by atoms with Crippen LogP contribution in [0.2, 0.25) is 0 Å². The van der Waals surface area contributed by atoms with Crippen molar-refractivity contribution in [2.75, 3.05) is 30.8 Å². The van der Waals surface area contributed by atoms with Gasteiger partial charge in [0.25, 0.3) is 11.8 Å². The molecule has 1 aromatic carbocycles. The van der Waals surface area contributed by atoms with Crippen LogP contribution >= 0.6 is 11.3 Å². The van der Waals surface area contributed by atoms with Gasteiger partial charge in [0.05, 0.1) is 6.54 Å². The lowest BCUT2D eigenvalue weighted by atomic mass is 10.1. The third kappa shape index (κ3) is 4.75. The van der Waals surface area contributed by atoms with Crippen molar-refractivity contribution in [2.45, 2.75) is 6.04 Å². The van der Waals surface area contributed by atoms with Gasteiger partial charge in [0.1, 0.15) is 31.1 Å². The van der Waals surface area contributed by atoms with E-state index in [4.69, 9.17) is 10.8 Å². The van der Waals surface area contributed by atoms with Crippen LogP contribution in [0.4, 0.5) is 15.6 Å². The smallest absolute Gasteiger partial charge is 0.331 e. The van der Waals surface area contributed by atoms with Crippen molar-refractivity contribution in [3.05, 3.63) is 35.3 Å². The van der Waals surface area contributed by atoms with Crippen LogP contribution in [-0.4, -0.2) is 75.9 Å². The lowest BCUT2D eigenvalue weighted by Gasteiger charge is -2.39. The molecule has 3 rings (SSSR count). The number of hydrogen-bond donors (Lipinski definition) is 4. The van der Waals surface area contributed by atoms with Gasteiger partial charge < -0.3 is 26.1 Å². The summed E-state index contributed by atoms with van der Waals surface area (Å²) in [5.74, 6) is -2.86. The molecule has 1 fully saturated rings. The molecule has 1 saturated heterocycles. The number of urea groups is 1. The largest absolute Gasteiger partial charge is 0.508 e. The number of nitrogens with zero attached hydrogens (tertiary/aromatic N) is 4. The van der Waals surface area contributed by atoms with Gasteiger partial charge in [0, 0.05) is 11.1 Å². The SMILES string of the molecule is CON=C(C(=O)N[C@H]1CN(C(=O)N(CC(=O)O)c2ccc(O)cc2)C1=O)c1csc(N)n1. The number of benzene rings is 1. The molecule has 0 aliphatic carbocycles. The molecule has 1 atom stereocenters. The summed E-state index contributed by atoms with van der Waals surface area (Å²) in [6, 6.07) is 3.32. The molecule has 1 aliphatic rings. The average molecular weight is 462 g/mol. The lowest BCUT2D eigenvalue weighted by molar-refractivity contribution is -0.141. The van der Waals surface area contributed by atoms with E-state index in [9.17, 15) is 24.3 Å². The molecule has 0 bridgehead atoms. The van der Waals surface area contributed by atoms with Crippen molar-refractivity contribution in [3.63, 3.8) is 0 Å². The molecule has 5 N–H and O–H groups in total. The zero-order chi connectivity index (χ0) is 23.4. The van der Waals surface area contributed by atoms with Gasteiger partial charge in [-0.3, -0.25) is 24.2 Å². The number of carbonyl (C=O) groups is 4. The van der Waals surface area contributed by atoms with Gasteiger partial charge in [-0.2, -0.15) is 0 Å². The predicted molar refractivity (Wildman–Crippen MR) is 112 cm³/mol. The van der Waals surface area contributed by atoms with Crippen molar-refractivity contribution in [3.8, 4) is 5.75 Å².